The molecule has 1 atom stereocenters. The molecule has 0 bridgehead atoms. The van der Waals surface area contributed by atoms with Crippen molar-refractivity contribution >= 4 is 5.69 Å². The average Bonchev–Trinajstić information content (AvgIpc) is 2.24. The highest BCUT2D eigenvalue weighted by molar-refractivity contribution is 5.58. The molecule has 3 N–H and O–H groups in total. The summed E-state index contributed by atoms with van der Waals surface area (Å²) in [7, 11) is 1.44. The third kappa shape index (κ3) is 1.52. The van der Waals surface area contributed by atoms with Crippen molar-refractivity contribution in [3.63, 3.8) is 0 Å². The number of benzene rings is 1. The SMILES string of the molecule is COc1ccc2c(c1)C(F)(F)C(N)CN2. The summed E-state index contributed by atoms with van der Waals surface area (Å²) in [4.78, 5) is 0. The number of hydrogen-bond acceptors (Lipinski definition) is 3. The summed E-state index contributed by atoms with van der Waals surface area (Å²) in [6.07, 6.45) is 0. The van der Waals surface area contributed by atoms with Crippen molar-refractivity contribution in [2.75, 3.05) is 19.0 Å². The summed E-state index contributed by atoms with van der Waals surface area (Å²) in [6.45, 7) is 0.0757. The van der Waals surface area contributed by atoms with Crippen molar-refractivity contribution in [3.8, 4) is 5.75 Å². The Kier molecular flexibility index (Phi) is 2.26. The van der Waals surface area contributed by atoms with Crippen LogP contribution in [0.4, 0.5) is 14.5 Å². The van der Waals surface area contributed by atoms with Crippen molar-refractivity contribution in [1.29, 1.82) is 0 Å². The minimum absolute atomic E-state index is 0.0757. The van der Waals surface area contributed by atoms with Crippen molar-refractivity contribution < 1.29 is 13.5 Å². The molecule has 0 aromatic heterocycles. The van der Waals surface area contributed by atoms with Gasteiger partial charge in [0.05, 0.1) is 13.2 Å². The minimum atomic E-state index is -3.00. The van der Waals surface area contributed by atoms with E-state index in [0.29, 0.717) is 11.4 Å². The van der Waals surface area contributed by atoms with Gasteiger partial charge in [0.2, 0.25) is 0 Å². The molecule has 15 heavy (non-hydrogen) atoms. The van der Waals surface area contributed by atoms with Crippen LogP contribution in [0.1, 0.15) is 5.56 Å². The lowest BCUT2D eigenvalue weighted by Crippen LogP contribution is -2.47. The number of ether oxygens (including phenoxy) is 1. The number of halogens is 2. The third-order valence-electron chi connectivity index (χ3n) is 2.56. The molecule has 0 aliphatic carbocycles. The molecule has 2 rings (SSSR count). The van der Waals surface area contributed by atoms with Crippen LogP contribution in [0.2, 0.25) is 0 Å². The second-order valence-electron chi connectivity index (χ2n) is 3.52. The molecule has 1 unspecified atom stereocenters. The zero-order valence-electron chi connectivity index (χ0n) is 8.26. The third-order valence-corrected chi connectivity index (χ3v) is 2.56. The first-order chi connectivity index (χ1) is 7.05. The Morgan fingerprint density at radius 2 is 2.27 bits per heavy atom. The Hall–Kier alpha value is -1.36. The Balaban J connectivity index is 2.51. The molecular weight excluding hydrogens is 202 g/mol. The highest BCUT2D eigenvalue weighted by Crippen LogP contribution is 2.40. The maximum Gasteiger partial charge on any atom is 0.291 e. The number of nitrogens with two attached hydrogens (primary N) is 1. The van der Waals surface area contributed by atoms with E-state index in [2.05, 4.69) is 5.32 Å². The summed E-state index contributed by atoms with van der Waals surface area (Å²) in [6, 6.07) is 3.34. The van der Waals surface area contributed by atoms with Gasteiger partial charge in [-0.1, -0.05) is 0 Å². The van der Waals surface area contributed by atoms with Crippen LogP contribution in [0.5, 0.6) is 5.75 Å². The molecule has 1 aromatic carbocycles. The molecule has 1 heterocycles. The molecule has 1 aliphatic rings. The fourth-order valence-corrected chi connectivity index (χ4v) is 1.63. The maximum absolute atomic E-state index is 13.7. The van der Waals surface area contributed by atoms with Gasteiger partial charge in [0.25, 0.3) is 5.92 Å². The first-order valence-electron chi connectivity index (χ1n) is 4.61. The van der Waals surface area contributed by atoms with Gasteiger partial charge in [-0.2, -0.15) is 8.78 Å². The lowest BCUT2D eigenvalue weighted by atomic mass is 9.95. The second-order valence-corrected chi connectivity index (χ2v) is 3.52. The van der Waals surface area contributed by atoms with Gasteiger partial charge in [-0.05, 0) is 18.2 Å². The summed E-state index contributed by atoms with van der Waals surface area (Å²) in [5.41, 5.74) is 5.69. The van der Waals surface area contributed by atoms with Gasteiger partial charge in [0, 0.05) is 17.8 Å². The first kappa shape index (κ1) is 10.2. The molecule has 0 saturated heterocycles. The molecule has 1 aromatic rings. The highest BCUT2D eigenvalue weighted by atomic mass is 19.3. The number of anilines is 1. The normalized spacial score (nSPS) is 22.8. The van der Waals surface area contributed by atoms with E-state index in [1.165, 1.54) is 13.2 Å². The Morgan fingerprint density at radius 3 is 2.93 bits per heavy atom. The van der Waals surface area contributed by atoms with Crippen molar-refractivity contribution in [3.05, 3.63) is 23.8 Å². The van der Waals surface area contributed by atoms with Crippen LogP contribution >= 0.6 is 0 Å². The molecule has 0 spiro atoms. The predicted octanol–water partition coefficient (Wildman–Crippen LogP) is 1.54. The molecule has 0 saturated carbocycles. The van der Waals surface area contributed by atoms with Gasteiger partial charge in [-0.15, -0.1) is 0 Å². The molecule has 3 nitrogen and oxygen atoms in total. The van der Waals surface area contributed by atoms with Crippen molar-refractivity contribution in [2.45, 2.75) is 12.0 Å². The predicted molar refractivity (Wildman–Crippen MR) is 53.4 cm³/mol. The van der Waals surface area contributed by atoms with Crippen molar-refractivity contribution in [1.82, 2.24) is 0 Å². The number of fused-ring (bicyclic) bond motifs is 1. The van der Waals surface area contributed by atoms with E-state index >= 15 is 0 Å². The summed E-state index contributed by atoms with van der Waals surface area (Å²) < 4.78 is 32.3. The number of methoxy groups -OCH3 is 1. The van der Waals surface area contributed by atoms with E-state index < -0.39 is 12.0 Å². The fraction of sp³-hybridized carbons (Fsp3) is 0.400. The van der Waals surface area contributed by atoms with Gasteiger partial charge in [0.1, 0.15) is 5.75 Å². The second kappa shape index (κ2) is 3.34. The molecule has 0 fully saturated rings. The van der Waals surface area contributed by atoms with Gasteiger partial charge in [-0.3, -0.25) is 0 Å². The molecule has 0 amide bonds. The Labute approximate surface area is 86.2 Å². The quantitative estimate of drug-likeness (QED) is 0.745. The summed E-state index contributed by atoms with van der Waals surface area (Å²) in [5.74, 6) is -2.60. The van der Waals surface area contributed by atoms with Gasteiger partial charge in [-0.25, -0.2) is 0 Å². The fourth-order valence-electron chi connectivity index (χ4n) is 1.63. The minimum Gasteiger partial charge on any atom is -0.497 e. The standard InChI is InChI=1S/C10H12F2N2O/c1-15-6-2-3-8-7(4-6)10(11,12)9(13)5-14-8/h2-4,9,14H,5,13H2,1H3. The number of alkyl halides is 2. The zero-order chi connectivity index (χ0) is 11.1. The number of nitrogens with one attached hydrogen (secondary N) is 1. The molecule has 0 radical (unpaired) electrons. The zero-order valence-corrected chi connectivity index (χ0v) is 8.26. The number of rotatable bonds is 1. The molecule has 1 aliphatic heterocycles. The van der Waals surface area contributed by atoms with Crippen LogP contribution in [0.3, 0.4) is 0 Å². The van der Waals surface area contributed by atoms with Crippen LogP contribution in [0.25, 0.3) is 0 Å². The van der Waals surface area contributed by atoms with Crippen LogP contribution in [0, 0.1) is 0 Å². The smallest absolute Gasteiger partial charge is 0.291 e. The summed E-state index contributed by atoms with van der Waals surface area (Å²) >= 11 is 0. The van der Waals surface area contributed by atoms with E-state index in [1.54, 1.807) is 12.1 Å². The van der Waals surface area contributed by atoms with E-state index in [-0.39, 0.29) is 12.1 Å². The largest absolute Gasteiger partial charge is 0.497 e. The summed E-state index contributed by atoms with van der Waals surface area (Å²) in [5, 5.41) is 2.86. The molecule has 5 heteroatoms. The van der Waals surface area contributed by atoms with E-state index in [4.69, 9.17) is 10.5 Å². The maximum atomic E-state index is 13.7. The van der Waals surface area contributed by atoms with Gasteiger partial charge < -0.3 is 15.8 Å². The lowest BCUT2D eigenvalue weighted by Gasteiger charge is -2.31. The van der Waals surface area contributed by atoms with Crippen molar-refractivity contribution in [2.24, 2.45) is 5.73 Å². The van der Waals surface area contributed by atoms with E-state index in [9.17, 15) is 8.78 Å². The Morgan fingerprint density at radius 1 is 1.53 bits per heavy atom. The first-order valence-corrected chi connectivity index (χ1v) is 4.61. The van der Waals surface area contributed by atoms with E-state index in [0.717, 1.165) is 0 Å². The van der Waals surface area contributed by atoms with Gasteiger partial charge >= 0.3 is 0 Å². The van der Waals surface area contributed by atoms with Crippen LogP contribution in [-0.2, 0) is 5.92 Å². The van der Waals surface area contributed by atoms with Gasteiger partial charge in [0.15, 0.2) is 0 Å². The highest BCUT2D eigenvalue weighted by Gasteiger charge is 2.44. The van der Waals surface area contributed by atoms with Crippen LogP contribution in [-0.4, -0.2) is 19.7 Å². The van der Waals surface area contributed by atoms with Crippen LogP contribution in [0.15, 0.2) is 18.2 Å². The Bertz CT molecular complexity index is 382. The average molecular weight is 214 g/mol. The topological polar surface area (TPSA) is 47.3 Å². The lowest BCUT2D eigenvalue weighted by molar-refractivity contribution is -0.0301. The number of hydrogen-bond donors (Lipinski definition) is 2. The van der Waals surface area contributed by atoms with E-state index in [1.807, 2.05) is 0 Å². The molecule has 82 valence electrons. The monoisotopic (exact) mass is 214 g/mol. The van der Waals surface area contributed by atoms with Crippen LogP contribution < -0.4 is 15.8 Å². The molecular formula is C10H12F2N2O.